The van der Waals surface area contributed by atoms with Crippen molar-refractivity contribution in [2.24, 2.45) is 0 Å². The number of alkyl halides is 1. The third-order valence-corrected chi connectivity index (χ3v) is 1.26. The van der Waals surface area contributed by atoms with Gasteiger partial charge in [-0.25, -0.2) is 0 Å². The molecule has 0 aromatic rings. The van der Waals surface area contributed by atoms with Crippen LogP contribution in [0.1, 0.15) is 0 Å². The van der Waals surface area contributed by atoms with E-state index in [1.807, 2.05) is 5.32 Å². The monoisotopic (exact) mass is 167 g/mol. The molecule has 2 amide bonds. The molecule has 0 bridgehead atoms. The topological polar surface area (TPSA) is 46.2 Å². The van der Waals surface area contributed by atoms with E-state index in [1.165, 1.54) is 0 Å². The van der Waals surface area contributed by atoms with Gasteiger partial charge in [-0.15, -0.1) is 11.6 Å². The molecular formula is C4H6ClNO2S. The van der Waals surface area contributed by atoms with E-state index in [9.17, 15) is 9.59 Å². The maximum atomic E-state index is 10.4. The van der Waals surface area contributed by atoms with Crippen LogP contribution in [0.25, 0.3) is 0 Å². The second kappa shape index (κ2) is 4.64. The summed E-state index contributed by atoms with van der Waals surface area (Å²) >= 11 is 6.02. The van der Waals surface area contributed by atoms with E-state index in [1.54, 1.807) is 6.26 Å². The van der Waals surface area contributed by atoms with Crippen molar-refractivity contribution in [1.82, 2.24) is 5.32 Å². The van der Waals surface area contributed by atoms with Gasteiger partial charge in [0, 0.05) is 0 Å². The van der Waals surface area contributed by atoms with Crippen molar-refractivity contribution in [3.63, 3.8) is 0 Å². The highest BCUT2D eigenvalue weighted by Gasteiger charge is 2.02. The fourth-order valence-electron chi connectivity index (χ4n) is 0.198. The van der Waals surface area contributed by atoms with E-state index in [0.29, 0.717) is 0 Å². The molecule has 0 spiro atoms. The predicted molar refractivity (Wildman–Crippen MR) is 37.8 cm³/mol. The standard InChI is InChI=1S/C4H6ClNO2S/c1-9-4(8)6-3(7)2-5/h2H2,1H3,(H,6,7,8). The van der Waals surface area contributed by atoms with Crippen molar-refractivity contribution in [3.8, 4) is 0 Å². The van der Waals surface area contributed by atoms with Crippen molar-refractivity contribution < 1.29 is 9.59 Å². The lowest BCUT2D eigenvalue weighted by Crippen LogP contribution is -2.27. The van der Waals surface area contributed by atoms with Gasteiger partial charge in [-0.05, 0) is 6.26 Å². The SMILES string of the molecule is CSC(=O)NC(=O)CCl. The van der Waals surface area contributed by atoms with Crippen molar-refractivity contribution in [2.75, 3.05) is 12.1 Å². The minimum absolute atomic E-state index is 0.174. The van der Waals surface area contributed by atoms with Gasteiger partial charge in [0.2, 0.25) is 5.91 Å². The van der Waals surface area contributed by atoms with Crippen LogP contribution in [0.2, 0.25) is 0 Å². The first kappa shape index (κ1) is 8.78. The average molecular weight is 168 g/mol. The molecule has 52 valence electrons. The second-order valence-electron chi connectivity index (χ2n) is 1.17. The van der Waals surface area contributed by atoms with Crippen LogP contribution < -0.4 is 5.32 Å². The number of carbonyl (C=O) groups excluding carboxylic acids is 2. The molecule has 0 saturated carbocycles. The summed E-state index contributed by atoms with van der Waals surface area (Å²) in [5.41, 5.74) is 0. The quantitative estimate of drug-likeness (QED) is 0.589. The molecule has 0 aliphatic heterocycles. The molecule has 1 N–H and O–H groups in total. The van der Waals surface area contributed by atoms with E-state index >= 15 is 0 Å². The zero-order chi connectivity index (χ0) is 7.28. The zero-order valence-electron chi connectivity index (χ0n) is 4.81. The summed E-state index contributed by atoms with van der Waals surface area (Å²) in [5.74, 6) is -0.636. The van der Waals surface area contributed by atoms with Crippen LogP contribution in [0.15, 0.2) is 0 Å². The normalized spacial score (nSPS) is 8.67. The van der Waals surface area contributed by atoms with E-state index < -0.39 is 5.91 Å². The molecule has 0 heterocycles. The van der Waals surface area contributed by atoms with Gasteiger partial charge in [-0.2, -0.15) is 0 Å². The number of carbonyl (C=O) groups is 2. The molecule has 5 heteroatoms. The number of amides is 2. The number of halogens is 1. The first-order valence-electron chi connectivity index (χ1n) is 2.14. The zero-order valence-corrected chi connectivity index (χ0v) is 6.38. The lowest BCUT2D eigenvalue weighted by atomic mass is 10.7. The van der Waals surface area contributed by atoms with E-state index in [4.69, 9.17) is 11.6 Å². The van der Waals surface area contributed by atoms with Crippen LogP contribution in [0, 0.1) is 0 Å². The Balaban J connectivity index is 3.47. The molecule has 0 aliphatic carbocycles. The number of nitrogens with one attached hydrogen (secondary N) is 1. The number of hydrogen-bond donors (Lipinski definition) is 1. The van der Waals surface area contributed by atoms with Gasteiger partial charge in [0.05, 0.1) is 0 Å². The fraction of sp³-hybridized carbons (Fsp3) is 0.500. The van der Waals surface area contributed by atoms with E-state index in [0.717, 1.165) is 11.8 Å². The maximum absolute atomic E-state index is 10.4. The van der Waals surface area contributed by atoms with Crippen LogP contribution in [0.3, 0.4) is 0 Å². The Morgan fingerprint density at radius 3 is 2.56 bits per heavy atom. The predicted octanol–water partition coefficient (Wildman–Crippen LogP) is 0.824. The summed E-state index contributed by atoms with van der Waals surface area (Å²) in [7, 11) is 0. The van der Waals surface area contributed by atoms with E-state index in [-0.39, 0.29) is 11.1 Å². The second-order valence-corrected chi connectivity index (χ2v) is 2.22. The lowest BCUT2D eigenvalue weighted by Gasteiger charge is -1.94. The van der Waals surface area contributed by atoms with Crippen molar-refractivity contribution >= 4 is 34.5 Å². The molecule has 0 fully saturated rings. The first-order chi connectivity index (χ1) is 4.20. The van der Waals surface area contributed by atoms with Gasteiger partial charge in [0.25, 0.3) is 5.24 Å². The van der Waals surface area contributed by atoms with Gasteiger partial charge >= 0.3 is 0 Å². The molecule has 0 rings (SSSR count). The van der Waals surface area contributed by atoms with Crippen LogP contribution in [0.5, 0.6) is 0 Å². The largest absolute Gasteiger partial charge is 0.286 e. The molecule has 0 aliphatic rings. The van der Waals surface area contributed by atoms with Crippen molar-refractivity contribution in [1.29, 1.82) is 0 Å². The molecule has 0 saturated heterocycles. The lowest BCUT2D eigenvalue weighted by molar-refractivity contribution is -0.117. The number of rotatable bonds is 1. The molecule has 0 unspecified atom stereocenters. The molecule has 3 nitrogen and oxygen atoms in total. The Morgan fingerprint density at radius 1 is 1.67 bits per heavy atom. The van der Waals surface area contributed by atoms with Gasteiger partial charge in [-0.3, -0.25) is 14.9 Å². The van der Waals surface area contributed by atoms with Gasteiger partial charge in [-0.1, -0.05) is 11.8 Å². The maximum Gasteiger partial charge on any atom is 0.285 e. The molecule has 0 atom stereocenters. The molecule has 0 aromatic heterocycles. The fourth-order valence-corrected chi connectivity index (χ4v) is 0.481. The summed E-state index contributed by atoms with van der Waals surface area (Å²) in [4.78, 5) is 20.7. The number of hydrogen-bond acceptors (Lipinski definition) is 3. The first-order valence-corrected chi connectivity index (χ1v) is 3.90. The summed E-state index contributed by atoms with van der Waals surface area (Å²) in [6, 6.07) is 0. The molecule has 0 radical (unpaired) electrons. The smallest absolute Gasteiger partial charge is 0.285 e. The van der Waals surface area contributed by atoms with Gasteiger partial charge < -0.3 is 0 Å². The minimum Gasteiger partial charge on any atom is -0.286 e. The van der Waals surface area contributed by atoms with Crippen molar-refractivity contribution in [3.05, 3.63) is 0 Å². The summed E-state index contributed by atoms with van der Waals surface area (Å²) in [6.07, 6.45) is 1.58. The minimum atomic E-state index is -0.462. The Kier molecular flexibility index (Phi) is 4.53. The Labute approximate surface area is 62.1 Å². The van der Waals surface area contributed by atoms with Crippen LogP contribution >= 0.6 is 23.4 Å². The van der Waals surface area contributed by atoms with Crippen LogP contribution in [0.4, 0.5) is 4.79 Å². The average Bonchev–Trinajstić information content (AvgIpc) is 1.87. The highest BCUT2D eigenvalue weighted by molar-refractivity contribution is 8.13. The number of imide groups is 1. The van der Waals surface area contributed by atoms with E-state index in [2.05, 4.69) is 0 Å². The highest BCUT2D eigenvalue weighted by Crippen LogP contribution is 1.91. The highest BCUT2D eigenvalue weighted by atomic mass is 35.5. The summed E-state index contributed by atoms with van der Waals surface area (Å²) < 4.78 is 0. The third-order valence-electron chi connectivity index (χ3n) is 0.548. The molecule has 0 aromatic carbocycles. The molecule has 9 heavy (non-hydrogen) atoms. The van der Waals surface area contributed by atoms with Crippen molar-refractivity contribution in [2.45, 2.75) is 0 Å². The van der Waals surface area contributed by atoms with Crippen LogP contribution in [-0.4, -0.2) is 23.3 Å². The Bertz CT molecular complexity index is 114. The Morgan fingerprint density at radius 2 is 2.22 bits per heavy atom. The van der Waals surface area contributed by atoms with Crippen LogP contribution in [-0.2, 0) is 4.79 Å². The number of thioether (sulfide) groups is 1. The molecular weight excluding hydrogens is 162 g/mol. The third kappa shape index (κ3) is 4.29. The van der Waals surface area contributed by atoms with Gasteiger partial charge in [0.15, 0.2) is 0 Å². The van der Waals surface area contributed by atoms with Gasteiger partial charge in [0.1, 0.15) is 5.88 Å². The Hall–Kier alpha value is -0.220. The summed E-state index contributed by atoms with van der Waals surface area (Å²) in [5, 5.41) is 1.66. The summed E-state index contributed by atoms with van der Waals surface area (Å²) in [6.45, 7) is 0.